The molecule has 0 rings (SSSR count). The molecule has 0 heterocycles. The molecular weight excluding hydrogens is 328 g/mol. The fraction of sp³-hybridized carbons (Fsp3) is 0.857. The first-order valence-electron chi connectivity index (χ1n) is 10.6. The molecule has 0 saturated heterocycles. The highest BCUT2D eigenvalue weighted by molar-refractivity contribution is 5.76. The molecular formula is C21H42N2O3. The summed E-state index contributed by atoms with van der Waals surface area (Å²) < 4.78 is 0. The average Bonchev–Trinajstić information content (AvgIpc) is 2.63. The number of aliphatic hydroxyl groups is 2. The van der Waals surface area contributed by atoms with Crippen LogP contribution in [0.2, 0.25) is 0 Å². The predicted octanol–water partition coefficient (Wildman–Crippen LogP) is 3.43. The first-order chi connectivity index (χ1) is 12.7. The molecule has 0 aromatic carbocycles. The van der Waals surface area contributed by atoms with Gasteiger partial charge in [-0.2, -0.15) is 0 Å². The molecule has 0 saturated carbocycles. The zero-order chi connectivity index (χ0) is 19.5. The Morgan fingerprint density at radius 1 is 1.00 bits per heavy atom. The van der Waals surface area contributed by atoms with E-state index in [1.807, 2.05) is 6.08 Å². The van der Waals surface area contributed by atoms with Crippen molar-refractivity contribution < 1.29 is 15.0 Å². The van der Waals surface area contributed by atoms with Gasteiger partial charge in [0.2, 0.25) is 5.91 Å². The van der Waals surface area contributed by atoms with Gasteiger partial charge in [-0.1, -0.05) is 83.3 Å². The Morgan fingerprint density at radius 3 is 2.04 bits per heavy atom. The van der Waals surface area contributed by atoms with Gasteiger partial charge < -0.3 is 21.3 Å². The molecule has 0 fully saturated rings. The van der Waals surface area contributed by atoms with Gasteiger partial charge in [0.15, 0.2) is 0 Å². The van der Waals surface area contributed by atoms with E-state index >= 15 is 0 Å². The van der Waals surface area contributed by atoms with E-state index in [-0.39, 0.29) is 25.5 Å². The van der Waals surface area contributed by atoms with Crippen LogP contribution in [0.3, 0.4) is 0 Å². The monoisotopic (exact) mass is 370 g/mol. The molecule has 1 amide bonds. The molecule has 2 atom stereocenters. The van der Waals surface area contributed by atoms with E-state index in [2.05, 4.69) is 12.2 Å². The number of carbonyl (C=O) groups excluding carboxylic acids is 1. The topological polar surface area (TPSA) is 95.6 Å². The number of amides is 1. The number of hydrogen-bond acceptors (Lipinski definition) is 4. The van der Waals surface area contributed by atoms with Crippen LogP contribution < -0.4 is 11.1 Å². The van der Waals surface area contributed by atoms with Gasteiger partial charge in [-0.15, -0.1) is 0 Å². The lowest BCUT2D eigenvalue weighted by Gasteiger charge is -2.19. The third-order valence-corrected chi connectivity index (χ3v) is 4.63. The van der Waals surface area contributed by atoms with Crippen LogP contribution in [-0.4, -0.2) is 41.4 Å². The minimum Gasteiger partial charge on any atom is -0.394 e. The fourth-order valence-corrected chi connectivity index (χ4v) is 2.95. The molecule has 26 heavy (non-hydrogen) atoms. The molecule has 5 N–H and O–H groups in total. The van der Waals surface area contributed by atoms with Crippen LogP contribution >= 0.6 is 0 Å². The zero-order valence-electron chi connectivity index (χ0n) is 16.8. The molecule has 0 aliphatic carbocycles. The SMILES string of the molecule is CCCCCCCCCCCCCC=CC(O)C(CO)NC(=O)CCN. The molecule has 5 nitrogen and oxygen atoms in total. The summed E-state index contributed by atoms with van der Waals surface area (Å²) >= 11 is 0. The predicted molar refractivity (Wildman–Crippen MR) is 109 cm³/mol. The van der Waals surface area contributed by atoms with Crippen LogP contribution in [0.15, 0.2) is 12.2 Å². The maximum atomic E-state index is 11.5. The second-order valence-electron chi connectivity index (χ2n) is 7.14. The Hall–Kier alpha value is -0.910. The average molecular weight is 371 g/mol. The minimum absolute atomic E-state index is 0.200. The standard InChI is InChI=1S/C21H42N2O3/c1-2-3-4-5-6-7-8-9-10-11-12-13-14-15-20(25)19(18-24)23-21(26)16-17-22/h14-15,19-20,24-25H,2-13,16-18,22H2,1H3,(H,23,26). The van der Waals surface area contributed by atoms with Crippen LogP contribution in [0.5, 0.6) is 0 Å². The molecule has 0 spiro atoms. The van der Waals surface area contributed by atoms with Gasteiger partial charge >= 0.3 is 0 Å². The Morgan fingerprint density at radius 2 is 1.54 bits per heavy atom. The van der Waals surface area contributed by atoms with Gasteiger partial charge in [-0.05, 0) is 12.8 Å². The largest absolute Gasteiger partial charge is 0.394 e. The molecule has 0 radical (unpaired) electrons. The zero-order valence-corrected chi connectivity index (χ0v) is 16.8. The van der Waals surface area contributed by atoms with Gasteiger partial charge in [-0.25, -0.2) is 0 Å². The quantitative estimate of drug-likeness (QED) is 0.219. The van der Waals surface area contributed by atoms with E-state index in [0.717, 1.165) is 12.8 Å². The lowest BCUT2D eigenvalue weighted by Crippen LogP contribution is -2.45. The molecule has 0 aliphatic heterocycles. The number of rotatable bonds is 18. The summed E-state index contributed by atoms with van der Waals surface area (Å²) in [5.74, 6) is -0.246. The van der Waals surface area contributed by atoms with E-state index in [0.29, 0.717) is 0 Å². The Kier molecular flexibility index (Phi) is 18.2. The second-order valence-corrected chi connectivity index (χ2v) is 7.14. The summed E-state index contributed by atoms with van der Waals surface area (Å²) in [6.07, 6.45) is 18.4. The first kappa shape index (κ1) is 25.1. The van der Waals surface area contributed by atoms with Crippen LogP contribution in [-0.2, 0) is 4.79 Å². The molecule has 154 valence electrons. The molecule has 0 bridgehead atoms. The van der Waals surface area contributed by atoms with E-state index in [9.17, 15) is 15.0 Å². The van der Waals surface area contributed by atoms with E-state index in [1.165, 1.54) is 64.2 Å². The van der Waals surface area contributed by atoms with E-state index in [4.69, 9.17) is 5.73 Å². The van der Waals surface area contributed by atoms with E-state index < -0.39 is 12.1 Å². The third-order valence-electron chi connectivity index (χ3n) is 4.63. The van der Waals surface area contributed by atoms with Crippen molar-refractivity contribution in [2.24, 2.45) is 5.73 Å². The highest BCUT2D eigenvalue weighted by Gasteiger charge is 2.17. The van der Waals surface area contributed by atoms with Gasteiger partial charge in [0.1, 0.15) is 0 Å². The Bertz CT molecular complexity index is 348. The number of hydrogen-bond donors (Lipinski definition) is 4. The van der Waals surface area contributed by atoms with Crippen molar-refractivity contribution in [3.63, 3.8) is 0 Å². The highest BCUT2D eigenvalue weighted by Crippen LogP contribution is 2.12. The van der Waals surface area contributed by atoms with Crippen molar-refractivity contribution >= 4 is 5.91 Å². The van der Waals surface area contributed by atoms with Crippen molar-refractivity contribution in [2.45, 2.75) is 103 Å². The molecule has 5 heteroatoms. The van der Waals surface area contributed by atoms with Crippen LogP contribution in [0, 0.1) is 0 Å². The van der Waals surface area contributed by atoms with Crippen molar-refractivity contribution in [1.82, 2.24) is 5.32 Å². The van der Waals surface area contributed by atoms with Gasteiger partial charge in [0, 0.05) is 13.0 Å². The number of aliphatic hydroxyl groups excluding tert-OH is 2. The van der Waals surface area contributed by atoms with Gasteiger partial charge in [-0.3, -0.25) is 4.79 Å². The van der Waals surface area contributed by atoms with Crippen LogP contribution in [0.1, 0.15) is 90.4 Å². The molecule has 0 aliphatic rings. The van der Waals surface area contributed by atoms with Crippen molar-refractivity contribution in [3.05, 3.63) is 12.2 Å². The Balaban J connectivity index is 3.59. The van der Waals surface area contributed by atoms with Crippen molar-refractivity contribution in [1.29, 1.82) is 0 Å². The number of carbonyl (C=O) groups is 1. The lowest BCUT2D eigenvalue weighted by atomic mass is 10.0. The summed E-state index contributed by atoms with van der Waals surface area (Å²) in [6.45, 7) is 2.22. The second kappa shape index (κ2) is 18.9. The maximum Gasteiger partial charge on any atom is 0.221 e. The van der Waals surface area contributed by atoms with Crippen molar-refractivity contribution in [2.75, 3.05) is 13.2 Å². The van der Waals surface area contributed by atoms with Gasteiger partial charge in [0.25, 0.3) is 0 Å². The van der Waals surface area contributed by atoms with Crippen LogP contribution in [0.25, 0.3) is 0 Å². The van der Waals surface area contributed by atoms with E-state index in [1.54, 1.807) is 6.08 Å². The normalized spacial score (nSPS) is 13.8. The first-order valence-corrected chi connectivity index (χ1v) is 10.6. The van der Waals surface area contributed by atoms with Gasteiger partial charge in [0.05, 0.1) is 18.8 Å². The molecule has 0 aromatic rings. The lowest BCUT2D eigenvalue weighted by molar-refractivity contribution is -0.122. The summed E-state index contributed by atoms with van der Waals surface area (Å²) in [7, 11) is 0. The fourth-order valence-electron chi connectivity index (χ4n) is 2.95. The summed E-state index contributed by atoms with van der Waals surface area (Å²) in [5, 5.41) is 21.9. The van der Waals surface area contributed by atoms with Crippen molar-refractivity contribution in [3.8, 4) is 0 Å². The third kappa shape index (κ3) is 15.4. The summed E-state index contributed by atoms with van der Waals surface area (Å²) in [4.78, 5) is 11.5. The summed E-state index contributed by atoms with van der Waals surface area (Å²) in [5.41, 5.74) is 5.31. The smallest absolute Gasteiger partial charge is 0.221 e. The number of unbranched alkanes of at least 4 members (excludes halogenated alkanes) is 11. The minimum atomic E-state index is -0.866. The number of allylic oxidation sites excluding steroid dienone is 1. The summed E-state index contributed by atoms with van der Waals surface area (Å²) in [6, 6.07) is -0.664. The maximum absolute atomic E-state index is 11.5. The van der Waals surface area contributed by atoms with Crippen LogP contribution in [0.4, 0.5) is 0 Å². The highest BCUT2D eigenvalue weighted by atomic mass is 16.3. The Labute approximate surface area is 160 Å². The molecule has 0 aromatic heterocycles. The molecule has 2 unspecified atom stereocenters. The number of nitrogens with one attached hydrogen (secondary N) is 1. The number of nitrogens with two attached hydrogens (primary N) is 1.